The zero-order chi connectivity index (χ0) is 11.4. The highest BCUT2D eigenvalue weighted by atomic mass is 15.1. The van der Waals surface area contributed by atoms with Crippen LogP contribution in [0, 0.1) is 11.8 Å². The minimum absolute atomic E-state index is 0.551. The van der Waals surface area contributed by atoms with Gasteiger partial charge in [0.05, 0.1) is 12.1 Å². The van der Waals surface area contributed by atoms with Gasteiger partial charge in [0.15, 0.2) is 0 Å². The minimum atomic E-state index is 0.551. The third kappa shape index (κ3) is 3.57. The highest BCUT2D eigenvalue weighted by molar-refractivity contribution is 4.77. The lowest BCUT2D eigenvalue weighted by molar-refractivity contribution is 0.316. The van der Waals surface area contributed by atoms with Crippen molar-refractivity contribution in [1.29, 1.82) is 0 Å². The van der Waals surface area contributed by atoms with Crippen LogP contribution in [0.15, 0.2) is 10.2 Å². The molecule has 0 radical (unpaired) electrons. The van der Waals surface area contributed by atoms with Gasteiger partial charge in [0.2, 0.25) is 0 Å². The fourth-order valence-corrected chi connectivity index (χ4v) is 2.90. The van der Waals surface area contributed by atoms with Gasteiger partial charge in [-0.1, -0.05) is 13.8 Å². The Labute approximate surface area is 99.9 Å². The van der Waals surface area contributed by atoms with Gasteiger partial charge in [-0.15, -0.1) is 0 Å². The molecule has 2 saturated carbocycles. The van der Waals surface area contributed by atoms with Gasteiger partial charge in [0, 0.05) is 0 Å². The molecule has 92 valence electrons. The second-order valence-corrected chi connectivity index (χ2v) is 6.06. The van der Waals surface area contributed by atoms with Crippen molar-refractivity contribution in [2.24, 2.45) is 22.1 Å². The molecule has 2 nitrogen and oxygen atoms in total. The van der Waals surface area contributed by atoms with Gasteiger partial charge in [-0.05, 0) is 63.2 Å². The number of nitrogens with zero attached hydrogens (tertiary/aromatic N) is 2. The average Bonchev–Trinajstić information content (AvgIpc) is 2.30. The van der Waals surface area contributed by atoms with Crippen LogP contribution in [0.5, 0.6) is 0 Å². The molecule has 0 unspecified atom stereocenters. The summed E-state index contributed by atoms with van der Waals surface area (Å²) in [6.07, 6.45) is 10.5. The summed E-state index contributed by atoms with van der Waals surface area (Å²) >= 11 is 0. The molecule has 0 spiro atoms. The number of hydrogen-bond donors (Lipinski definition) is 0. The summed E-state index contributed by atoms with van der Waals surface area (Å²) in [5.74, 6) is 1.84. The van der Waals surface area contributed by atoms with Crippen LogP contribution in [0.25, 0.3) is 0 Å². The maximum atomic E-state index is 4.59. The molecule has 2 heteroatoms. The Morgan fingerprint density at radius 1 is 0.562 bits per heavy atom. The number of rotatable bonds is 2. The molecule has 0 bridgehead atoms. The van der Waals surface area contributed by atoms with E-state index < -0.39 is 0 Å². The van der Waals surface area contributed by atoms with Crippen LogP contribution < -0.4 is 0 Å². The zero-order valence-electron chi connectivity index (χ0n) is 10.9. The Balaban J connectivity index is 1.72. The maximum absolute atomic E-state index is 4.59. The van der Waals surface area contributed by atoms with Gasteiger partial charge in [-0.2, -0.15) is 10.2 Å². The first-order valence-corrected chi connectivity index (χ1v) is 7.14. The molecule has 0 aliphatic heterocycles. The van der Waals surface area contributed by atoms with Crippen molar-refractivity contribution in [2.45, 2.75) is 77.3 Å². The van der Waals surface area contributed by atoms with Crippen molar-refractivity contribution < 1.29 is 0 Å². The summed E-state index contributed by atoms with van der Waals surface area (Å²) in [7, 11) is 0. The molecule has 0 atom stereocenters. The van der Waals surface area contributed by atoms with Gasteiger partial charge in [0.1, 0.15) is 0 Å². The predicted octanol–water partition coefficient (Wildman–Crippen LogP) is 4.60. The zero-order valence-corrected chi connectivity index (χ0v) is 10.9. The summed E-state index contributed by atoms with van der Waals surface area (Å²) in [4.78, 5) is 0. The van der Waals surface area contributed by atoms with Gasteiger partial charge < -0.3 is 0 Å². The van der Waals surface area contributed by atoms with Crippen LogP contribution >= 0.6 is 0 Å². The summed E-state index contributed by atoms with van der Waals surface area (Å²) in [5, 5.41) is 9.18. The second-order valence-electron chi connectivity index (χ2n) is 6.06. The molecule has 0 heterocycles. The first kappa shape index (κ1) is 12.1. The smallest absolute Gasteiger partial charge is 0.0708 e. The van der Waals surface area contributed by atoms with Gasteiger partial charge >= 0.3 is 0 Å². The monoisotopic (exact) mass is 222 g/mol. The molecular formula is C14H26N2. The van der Waals surface area contributed by atoms with Crippen LogP contribution in [-0.2, 0) is 0 Å². The Hall–Kier alpha value is -0.400. The van der Waals surface area contributed by atoms with E-state index in [-0.39, 0.29) is 0 Å². The standard InChI is InChI=1S/C14H26N2/c1-11-3-7-13(8-4-11)15-16-14-9-5-12(2)6-10-14/h11-14H,3-10H2,1-2H3. The quantitative estimate of drug-likeness (QED) is 0.610. The largest absolute Gasteiger partial charge is 0.191 e. The van der Waals surface area contributed by atoms with E-state index >= 15 is 0 Å². The van der Waals surface area contributed by atoms with Crippen molar-refractivity contribution in [1.82, 2.24) is 0 Å². The van der Waals surface area contributed by atoms with E-state index in [2.05, 4.69) is 24.1 Å². The molecule has 2 aliphatic rings. The topological polar surface area (TPSA) is 24.7 Å². The molecule has 2 aliphatic carbocycles. The highest BCUT2D eigenvalue weighted by Crippen LogP contribution is 2.28. The van der Waals surface area contributed by atoms with Gasteiger partial charge in [-0.25, -0.2) is 0 Å². The first-order chi connectivity index (χ1) is 7.74. The molecule has 0 aromatic heterocycles. The third-order valence-corrected chi connectivity index (χ3v) is 4.36. The fraction of sp³-hybridized carbons (Fsp3) is 1.00. The predicted molar refractivity (Wildman–Crippen MR) is 67.7 cm³/mol. The van der Waals surface area contributed by atoms with Crippen molar-refractivity contribution in [3.63, 3.8) is 0 Å². The van der Waals surface area contributed by atoms with E-state index in [1.165, 1.54) is 51.4 Å². The minimum Gasteiger partial charge on any atom is -0.191 e. The Morgan fingerprint density at radius 3 is 1.19 bits per heavy atom. The molecule has 0 N–H and O–H groups in total. The lowest BCUT2D eigenvalue weighted by Crippen LogP contribution is -2.17. The van der Waals surface area contributed by atoms with Crippen molar-refractivity contribution in [3.05, 3.63) is 0 Å². The number of azo groups is 1. The van der Waals surface area contributed by atoms with Gasteiger partial charge in [0.25, 0.3) is 0 Å². The van der Waals surface area contributed by atoms with Crippen LogP contribution in [0.1, 0.15) is 65.2 Å². The van der Waals surface area contributed by atoms with E-state index in [4.69, 9.17) is 0 Å². The average molecular weight is 222 g/mol. The molecule has 0 aromatic rings. The molecule has 2 rings (SSSR count). The van der Waals surface area contributed by atoms with E-state index in [1.54, 1.807) is 0 Å². The molecule has 0 saturated heterocycles. The summed E-state index contributed by atoms with van der Waals surface area (Å²) in [6.45, 7) is 4.71. The molecule has 2 fully saturated rings. The first-order valence-electron chi connectivity index (χ1n) is 7.14. The van der Waals surface area contributed by atoms with Crippen LogP contribution in [0.2, 0.25) is 0 Å². The summed E-state index contributed by atoms with van der Waals surface area (Å²) in [5.41, 5.74) is 0. The maximum Gasteiger partial charge on any atom is 0.0708 e. The van der Waals surface area contributed by atoms with Gasteiger partial charge in [-0.3, -0.25) is 0 Å². The van der Waals surface area contributed by atoms with E-state index in [0.29, 0.717) is 12.1 Å². The Bertz CT molecular complexity index is 197. The molecule has 0 amide bonds. The fourth-order valence-electron chi connectivity index (χ4n) is 2.90. The molecule has 0 aromatic carbocycles. The SMILES string of the molecule is CC1CCC(N=NC2CCC(C)CC2)CC1. The van der Waals surface area contributed by atoms with Crippen molar-refractivity contribution in [3.8, 4) is 0 Å². The van der Waals surface area contributed by atoms with E-state index in [9.17, 15) is 0 Å². The second kappa shape index (κ2) is 5.79. The third-order valence-electron chi connectivity index (χ3n) is 4.36. The van der Waals surface area contributed by atoms with E-state index in [0.717, 1.165) is 11.8 Å². The van der Waals surface area contributed by atoms with Crippen LogP contribution in [0.4, 0.5) is 0 Å². The van der Waals surface area contributed by atoms with Crippen molar-refractivity contribution in [2.75, 3.05) is 0 Å². The van der Waals surface area contributed by atoms with E-state index in [1.807, 2.05) is 0 Å². The molecule has 16 heavy (non-hydrogen) atoms. The lowest BCUT2D eigenvalue weighted by Gasteiger charge is -2.25. The number of hydrogen-bond acceptors (Lipinski definition) is 2. The summed E-state index contributed by atoms with van der Waals surface area (Å²) in [6, 6.07) is 1.10. The molecular weight excluding hydrogens is 196 g/mol. The highest BCUT2D eigenvalue weighted by Gasteiger charge is 2.20. The Morgan fingerprint density at radius 2 is 0.875 bits per heavy atom. The summed E-state index contributed by atoms with van der Waals surface area (Å²) < 4.78 is 0. The Kier molecular flexibility index (Phi) is 4.37. The van der Waals surface area contributed by atoms with Crippen molar-refractivity contribution >= 4 is 0 Å². The lowest BCUT2D eigenvalue weighted by atomic mass is 9.87. The van der Waals surface area contributed by atoms with Crippen LogP contribution in [0.3, 0.4) is 0 Å². The van der Waals surface area contributed by atoms with Crippen LogP contribution in [-0.4, -0.2) is 12.1 Å². The normalized spacial score (nSPS) is 41.4.